The fourth-order valence-electron chi connectivity index (χ4n) is 15.8. The van der Waals surface area contributed by atoms with Crippen LogP contribution in [0.5, 0.6) is 0 Å². The Kier molecular flexibility index (Phi) is 40.8. The van der Waals surface area contributed by atoms with Gasteiger partial charge in [0.2, 0.25) is 100 Å². The van der Waals surface area contributed by atoms with Crippen LogP contribution < -0.4 is 75.7 Å². The minimum absolute atomic E-state index is 0.00184. The number of imidazole rings is 1. The van der Waals surface area contributed by atoms with Crippen LogP contribution in [0.15, 0.2) is 91.6 Å². The van der Waals surface area contributed by atoms with E-state index < -0.39 is 223 Å². The number of nitrogens with two attached hydrogens (primary N) is 3. The fraction of sp³-hybridized carbons (Fsp3) is 0.517. The van der Waals surface area contributed by atoms with Gasteiger partial charge < -0.3 is 120 Å². The molecule has 0 unspecified atom stereocenters. The molecule has 2 aliphatic heterocycles. The number of aromatic amines is 3. The van der Waals surface area contributed by atoms with Gasteiger partial charge in [0.25, 0.3) is 0 Å². The number of guanidine groups is 1. The van der Waals surface area contributed by atoms with E-state index in [9.17, 15) is 62.6 Å². The zero-order valence-electron chi connectivity index (χ0n) is 76.5. The quantitative estimate of drug-likeness (QED) is 0.0179. The zero-order valence-corrected chi connectivity index (χ0v) is 78.8. The van der Waals surface area contributed by atoms with E-state index in [0.29, 0.717) is 69.9 Å². The molecular weight excluding hydrogens is 1800 g/mol. The van der Waals surface area contributed by atoms with Crippen LogP contribution in [0.25, 0.3) is 21.8 Å². The van der Waals surface area contributed by atoms with Crippen molar-refractivity contribution in [1.82, 2.24) is 103 Å². The molecule has 3 aromatic heterocycles. The van der Waals surface area contributed by atoms with E-state index in [1.165, 1.54) is 65.8 Å². The van der Waals surface area contributed by atoms with Crippen LogP contribution in [0.3, 0.4) is 0 Å². The summed E-state index contributed by atoms with van der Waals surface area (Å²) in [6, 6.07) is -1.51. The molecule has 0 radical (unpaired) electrons. The van der Waals surface area contributed by atoms with Crippen molar-refractivity contribution in [1.29, 1.82) is 5.41 Å². The van der Waals surface area contributed by atoms with E-state index in [1.54, 1.807) is 74.8 Å². The van der Waals surface area contributed by atoms with Crippen molar-refractivity contribution in [2.24, 2.45) is 23.1 Å². The highest BCUT2D eigenvalue weighted by Gasteiger charge is 2.44. The lowest BCUT2D eigenvalue weighted by molar-refractivity contribution is -0.149. The Balaban J connectivity index is 1.19. The van der Waals surface area contributed by atoms with Crippen LogP contribution in [0.4, 0.5) is 0 Å². The van der Waals surface area contributed by atoms with Gasteiger partial charge in [-0.3, -0.25) is 86.9 Å². The molecule has 134 heavy (non-hydrogen) atoms. The number of aromatic nitrogens is 4. The molecule has 22 N–H and O–H groups in total. The number of benzene rings is 3. The number of rotatable bonds is 26. The summed E-state index contributed by atoms with van der Waals surface area (Å²) in [5.74, 6) is -17.6. The third-order valence-electron chi connectivity index (χ3n) is 23.3. The number of halogens is 2. The second kappa shape index (κ2) is 51.4. The van der Waals surface area contributed by atoms with Crippen molar-refractivity contribution < 1.29 is 86.6 Å². The van der Waals surface area contributed by atoms with E-state index in [4.69, 9.17) is 45.8 Å². The van der Waals surface area contributed by atoms with Crippen molar-refractivity contribution in [2.45, 2.75) is 216 Å². The maximum absolute atomic E-state index is 15.7. The molecule has 2 aliphatic rings. The minimum Gasteiger partial charge on any atom is -0.394 e. The summed E-state index contributed by atoms with van der Waals surface area (Å²) in [7, 11) is 5.19. The molecule has 6 aromatic rings. The molecule has 0 spiro atoms. The number of nitrogens with one attached hydrogen (secondary N) is 15. The number of hydrogen-bond donors (Lipinski definition) is 19. The first-order valence-electron chi connectivity index (χ1n) is 44.4. The first-order chi connectivity index (χ1) is 63.7. The fourth-order valence-corrected chi connectivity index (χ4v) is 17.0. The minimum atomic E-state index is -1.86. The number of amides is 17. The second-order valence-electron chi connectivity index (χ2n) is 33.9. The van der Waals surface area contributed by atoms with E-state index >= 15 is 24.0 Å². The van der Waals surface area contributed by atoms with Gasteiger partial charge in [-0.15, -0.1) is 11.8 Å². The van der Waals surface area contributed by atoms with Crippen LogP contribution in [0, 0.1) is 11.3 Å². The first-order valence-corrected chi connectivity index (χ1v) is 46.3. The monoisotopic (exact) mass is 1920 g/mol. The number of para-hydroxylation sites is 2. The number of fused-ring (bicyclic) bond motifs is 3. The van der Waals surface area contributed by atoms with Gasteiger partial charge in [-0.25, -0.2) is 4.98 Å². The van der Waals surface area contributed by atoms with Crippen molar-refractivity contribution in [3.05, 3.63) is 124 Å². The average molecular weight is 1920 g/mol. The van der Waals surface area contributed by atoms with Crippen molar-refractivity contribution in [2.75, 3.05) is 72.5 Å². The maximum atomic E-state index is 15.7. The Bertz CT molecular complexity index is 5190. The summed E-state index contributed by atoms with van der Waals surface area (Å²) in [4.78, 5) is 267. The molecule has 8 rings (SSSR count). The zero-order chi connectivity index (χ0) is 98.3. The Morgan fingerprint density at radius 1 is 0.560 bits per heavy atom. The van der Waals surface area contributed by atoms with Gasteiger partial charge in [0, 0.05) is 119 Å². The van der Waals surface area contributed by atoms with E-state index in [1.807, 2.05) is 13.8 Å². The number of unbranched alkanes of at least 4 members (excludes halogenated alkanes) is 2. The molecule has 42 nitrogen and oxygen atoms in total. The van der Waals surface area contributed by atoms with Crippen molar-refractivity contribution >= 4 is 163 Å². The van der Waals surface area contributed by atoms with Gasteiger partial charge >= 0.3 is 0 Å². The van der Waals surface area contributed by atoms with Crippen LogP contribution in [0.2, 0.25) is 10.0 Å². The molecule has 45 heteroatoms. The summed E-state index contributed by atoms with van der Waals surface area (Å²) < 4.78 is 0. The SMILES string of the molecule is CCCC[C@H]1C(=O)N(C)[C@@H](CCCC)C(=O)N[C@@H](CCCNC(=N)N)C(=O)N[C@H](C(=O)NCC(N)=O)CSCC(=O)N[C@@H](Cc2ccc(Cl)c(Cl)c2)C(=O)N(C)[C@@H](C)C(=O)N[C@@H](CC(N)=O)C(=O)N2CCC[C@H]2C(=O)N[C@@H](Cc2cnc[nH]2)C(=O)N[C@@H](CC(C)C)C(=O)N(C)CC(=O)N[C@@H](Cc2c[nH]c3ccccc23)C(=O)N[C@@H](CO)C(=O)N[C@@H](Cc2c[nH]c3ccccc23)C(=O)N1C. The summed E-state index contributed by atoms with van der Waals surface area (Å²) in [5.41, 5.74) is 19.8. The molecule has 13 atom stereocenters. The van der Waals surface area contributed by atoms with Gasteiger partial charge in [0.05, 0.1) is 48.2 Å². The lowest BCUT2D eigenvalue weighted by Gasteiger charge is -2.36. The van der Waals surface area contributed by atoms with Gasteiger partial charge in [0.15, 0.2) is 5.96 Å². The molecule has 0 saturated carbocycles. The number of carbonyl (C=O) groups excluding carboxylic acids is 17. The number of aliphatic hydroxyl groups excluding tert-OH is 1. The molecule has 728 valence electrons. The number of nitrogens with zero attached hydrogens (tertiary/aromatic N) is 6. The van der Waals surface area contributed by atoms with E-state index in [-0.39, 0.29) is 99.7 Å². The topological polar surface area (TPSA) is 621 Å². The van der Waals surface area contributed by atoms with Crippen molar-refractivity contribution in [3.63, 3.8) is 0 Å². The molecule has 5 heterocycles. The lowest BCUT2D eigenvalue weighted by atomic mass is 10.00. The predicted molar refractivity (Wildman–Crippen MR) is 500 cm³/mol. The molecule has 2 fully saturated rings. The number of thioether (sulfide) groups is 1. The Morgan fingerprint density at radius 3 is 1.71 bits per heavy atom. The molecule has 0 bridgehead atoms. The Morgan fingerprint density at radius 2 is 1.11 bits per heavy atom. The normalized spacial score (nSPS) is 23.4. The highest BCUT2D eigenvalue weighted by molar-refractivity contribution is 8.00. The van der Waals surface area contributed by atoms with Crippen LogP contribution in [0.1, 0.15) is 134 Å². The molecule has 17 amide bonds. The third kappa shape index (κ3) is 30.6. The first kappa shape index (κ1) is 106. The maximum Gasteiger partial charge on any atom is 0.246 e. The second-order valence-corrected chi connectivity index (χ2v) is 35.8. The number of primary amides is 2. The molecule has 0 aliphatic carbocycles. The van der Waals surface area contributed by atoms with Gasteiger partial charge in [0.1, 0.15) is 78.5 Å². The Labute approximate surface area is 789 Å². The van der Waals surface area contributed by atoms with Crippen molar-refractivity contribution in [3.8, 4) is 0 Å². The van der Waals surface area contributed by atoms with E-state index in [2.05, 4.69) is 78.4 Å². The average Bonchev–Trinajstić information content (AvgIpc) is 1.48. The van der Waals surface area contributed by atoms with E-state index in [0.717, 1.165) is 36.3 Å². The number of hydrogen-bond acceptors (Lipinski definition) is 21. The molecule has 3 aromatic carbocycles. The number of aliphatic hydroxyl groups is 1. The summed E-state index contributed by atoms with van der Waals surface area (Å²) in [6.45, 7) is 5.81. The van der Waals surface area contributed by atoms with Gasteiger partial charge in [-0.2, -0.15) is 0 Å². The van der Waals surface area contributed by atoms with Gasteiger partial charge in [-0.1, -0.05) is 119 Å². The molecular formula is C89H124Cl2N24O18S. The van der Waals surface area contributed by atoms with Crippen LogP contribution in [-0.4, -0.2) is 307 Å². The van der Waals surface area contributed by atoms with Gasteiger partial charge in [-0.05, 0) is 98.7 Å². The number of carbonyl (C=O) groups is 17. The summed E-state index contributed by atoms with van der Waals surface area (Å²) in [6.07, 6.45) is 5.66. The number of H-pyrrole nitrogens is 3. The predicted octanol–water partition coefficient (Wildman–Crippen LogP) is -0.831. The summed E-state index contributed by atoms with van der Waals surface area (Å²) >= 11 is 13.5. The smallest absolute Gasteiger partial charge is 0.246 e. The lowest BCUT2D eigenvalue weighted by Crippen LogP contribution is -2.61. The van der Waals surface area contributed by atoms with Crippen LogP contribution >= 0.6 is 35.0 Å². The largest absolute Gasteiger partial charge is 0.394 e. The van der Waals surface area contributed by atoms with Crippen LogP contribution in [-0.2, 0) is 107 Å². The highest BCUT2D eigenvalue weighted by atomic mass is 35.5. The standard InChI is InChI=1S/C89H124Cl2N24O18S/c1-10-12-25-69-82(127)104-60(24-18-30-97-89(94)95)78(123)110-68(77(122)100-42-73(93)118)45-134-46-75(120)103-64(34-50-28-29-56(90)57(91)33-50)85(130)112(7)49(5)76(121)106-66(38-72(92)117)87(132)115-31-19-27-70(115)83(128)105-62(37-53-41-96-47-101-53)80(125)107-63(32-48(3)4)84(129)111(6)43-74(119)102-61(35-51-39-98-58-22-16-14-20-54(51)58)79(124)109-67(44-116)81(126)108-65(36-52-40-99-59-23-17-15-21-55(52)59)86(131)114(9)71(26-13-11-2)88(133)113(69)8/h14-17,20-23,28-29,33,39-41,47-49,60-71,98-99,116H,10-13,18-19,24-27,30-32,34-38,42-46H2,1-9H3,(H2,92,117)(H2,93,118)(H,96,101)(H,100,122)(H,102,119)(H,103,120)(H,104,127)(H,105,128)(H,106,121)(H,107,125)(H,108,126)(H,109,124)(H,110,123)(H4,94,95,97)/t49-,60-,61-,62-,63-,64-,65-,66-,67-,68-,69-,70-,71-/m0/s1. The molecule has 2 saturated heterocycles. The number of likely N-dealkylation sites (N-methyl/N-ethyl adjacent to an activating group) is 4. The summed E-state index contributed by atoms with van der Waals surface area (Å²) in [5, 5.41) is 49.5. The highest BCUT2D eigenvalue weighted by Crippen LogP contribution is 2.28. The Hall–Kier alpha value is -12.9. The third-order valence-corrected chi connectivity index (χ3v) is 25.1.